The first-order chi connectivity index (χ1) is 12.0. The molecule has 0 saturated carbocycles. The Hall–Kier alpha value is -1.07. The lowest BCUT2D eigenvalue weighted by atomic mass is 10.2. The van der Waals surface area contributed by atoms with E-state index in [0.717, 1.165) is 11.3 Å². The number of carbonyl (C=O) groups excluding carboxylic acids is 1. The van der Waals surface area contributed by atoms with Gasteiger partial charge in [-0.3, -0.25) is 4.79 Å². The van der Waals surface area contributed by atoms with E-state index in [1.807, 2.05) is 30.3 Å². The average molecular weight is 419 g/mol. The third-order valence-electron chi connectivity index (χ3n) is 3.36. The number of rotatable bonds is 8. The minimum absolute atomic E-state index is 0.184. The molecule has 0 saturated heterocycles. The zero-order valence-corrected chi connectivity index (χ0v) is 16.7. The van der Waals surface area contributed by atoms with Gasteiger partial charge in [-0.1, -0.05) is 53.0 Å². The van der Waals surface area contributed by atoms with Gasteiger partial charge < -0.3 is 10.1 Å². The van der Waals surface area contributed by atoms with Gasteiger partial charge in [0.15, 0.2) is 6.10 Å². The zero-order valence-electron chi connectivity index (χ0n) is 13.6. The van der Waals surface area contributed by atoms with Gasteiger partial charge >= 0.3 is 0 Å². The van der Waals surface area contributed by atoms with Crippen molar-refractivity contribution in [2.45, 2.75) is 18.8 Å². The van der Waals surface area contributed by atoms with Gasteiger partial charge in [0.25, 0.3) is 5.91 Å². The van der Waals surface area contributed by atoms with E-state index in [4.69, 9.17) is 39.5 Å². The SMILES string of the molecule is C[C@H](Oc1ccccc1Cl)C(=O)NCCSCc1c(Cl)cccc1Cl. The van der Waals surface area contributed by atoms with Crippen molar-refractivity contribution >= 4 is 52.5 Å². The second-order valence-corrected chi connectivity index (χ2v) is 7.56. The highest BCUT2D eigenvalue weighted by Gasteiger charge is 2.15. The molecule has 3 nitrogen and oxygen atoms in total. The lowest BCUT2D eigenvalue weighted by molar-refractivity contribution is -0.127. The lowest BCUT2D eigenvalue weighted by Crippen LogP contribution is -2.37. The normalized spacial score (nSPS) is 11.8. The van der Waals surface area contributed by atoms with Crippen LogP contribution in [0.15, 0.2) is 42.5 Å². The summed E-state index contributed by atoms with van der Waals surface area (Å²) in [4.78, 5) is 12.1. The molecule has 0 aliphatic rings. The molecule has 7 heteroatoms. The van der Waals surface area contributed by atoms with Crippen LogP contribution >= 0.6 is 46.6 Å². The number of ether oxygens (including phenoxy) is 1. The topological polar surface area (TPSA) is 38.3 Å². The molecule has 0 aliphatic heterocycles. The average Bonchev–Trinajstić information content (AvgIpc) is 2.58. The smallest absolute Gasteiger partial charge is 0.260 e. The van der Waals surface area contributed by atoms with Crippen molar-refractivity contribution in [1.29, 1.82) is 0 Å². The van der Waals surface area contributed by atoms with Crippen molar-refractivity contribution in [3.8, 4) is 5.75 Å². The number of nitrogens with one attached hydrogen (secondary N) is 1. The summed E-state index contributed by atoms with van der Waals surface area (Å²) < 4.78 is 5.58. The van der Waals surface area contributed by atoms with Crippen LogP contribution in [-0.2, 0) is 10.5 Å². The molecule has 2 rings (SSSR count). The van der Waals surface area contributed by atoms with Gasteiger partial charge in [-0.25, -0.2) is 0 Å². The molecule has 0 spiro atoms. The fourth-order valence-corrected chi connectivity index (χ4v) is 3.79. The molecule has 0 fully saturated rings. The number of hydrogen-bond acceptors (Lipinski definition) is 3. The summed E-state index contributed by atoms with van der Waals surface area (Å²) in [5.41, 5.74) is 0.914. The van der Waals surface area contributed by atoms with Crippen molar-refractivity contribution in [1.82, 2.24) is 5.32 Å². The fraction of sp³-hybridized carbons (Fsp3) is 0.278. The molecular formula is C18H18Cl3NO2S. The van der Waals surface area contributed by atoms with Gasteiger partial charge in [-0.15, -0.1) is 0 Å². The third-order valence-corrected chi connectivity index (χ3v) is 5.37. The lowest BCUT2D eigenvalue weighted by Gasteiger charge is -2.15. The molecule has 0 radical (unpaired) electrons. The van der Waals surface area contributed by atoms with Crippen LogP contribution in [0.3, 0.4) is 0 Å². The van der Waals surface area contributed by atoms with E-state index >= 15 is 0 Å². The summed E-state index contributed by atoms with van der Waals surface area (Å²) in [5, 5.41) is 4.64. The Labute approximate surface area is 167 Å². The minimum atomic E-state index is -0.622. The highest BCUT2D eigenvalue weighted by atomic mass is 35.5. The fourth-order valence-electron chi connectivity index (χ4n) is 2.02. The molecule has 0 aliphatic carbocycles. The van der Waals surface area contributed by atoms with E-state index in [0.29, 0.717) is 33.1 Å². The number of amides is 1. The molecule has 134 valence electrons. The summed E-state index contributed by atoms with van der Waals surface area (Å²) in [6, 6.07) is 12.5. The van der Waals surface area contributed by atoms with Crippen molar-refractivity contribution in [2.24, 2.45) is 0 Å². The van der Waals surface area contributed by atoms with Crippen LogP contribution in [0.25, 0.3) is 0 Å². The number of hydrogen-bond donors (Lipinski definition) is 1. The highest BCUT2D eigenvalue weighted by molar-refractivity contribution is 7.98. The van der Waals surface area contributed by atoms with E-state index in [1.54, 1.807) is 30.8 Å². The molecule has 25 heavy (non-hydrogen) atoms. The van der Waals surface area contributed by atoms with Gasteiger partial charge in [0.2, 0.25) is 0 Å². The quantitative estimate of drug-likeness (QED) is 0.578. The number of carbonyl (C=O) groups is 1. The molecule has 0 bridgehead atoms. The Bertz CT molecular complexity index is 707. The standard InChI is InChI=1S/C18H18Cl3NO2S/c1-12(24-17-8-3-2-5-16(17)21)18(23)22-9-10-25-11-13-14(19)6-4-7-15(13)20/h2-8,12H,9-11H2,1H3,(H,22,23)/t12-/m0/s1. The summed E-state index contributed by atoms with van der Waals surface area (Å²) in [6.45, 7) is 2.22. The first kappa shape index (κ1) is 20.2. The van der Waals surface area contributed by atoms with E-state index < -0.39 is 6.10 Å². The first-order valence-corrected chi connectivity index (χ1v) is 9.97. The Kier molecular flexibility index (Phi) is 8.24. The number of para-hydroxylation sites is 1. The Morgan fingerprint density at radius 3 is 2.40 bits per heavy atom. The number of benzene rings is 2. The van der Waals surface area contributed by atoms with Crippen molar-refractivity contribution < 1.29 is 9.53 Å². The minimum Gasteiger partial charge on any atom is -0.479 e. The summed E-state index contributed by atoms with van der Waals surface area (Å²) in [6.07, 6.45) is -0.622. The molecule has 0 unspecified atom stereocenters. The van der Waals surface area contributed by atoms with Crippen LogP contribution in [0.1, 0.15) is 12.5 Å². The van der Waals surface area contributed by atoms with Gasteiger partial charge in [0.1, 0.15) is 5.75 Å². The predicted octanol–water partition coefficient (Wildman–Crippen LogP) is 5.46. The number of thioether (sulfide) groups is 1. The van der Waals surface area contributed by atoms with E-state index in [-0.39, 0.29) is 5.91 Å². The van der Waals surface area contributed by atoms with Crippen LogP contribution in [0.4, 0.5) is 0 Å². The van der Waals surface area contributed by atoms with Crippen LogP contribution in [-0.4, -0.2) is 24.3 Å². The zero-order chi connectivity index (χ0) is 18.2. The maximum absolute atomic E-state index is 12.1. The van der Waals surface area contributed by atoms with E-state index in [9.17, 15) is 4.79 Å². The Morgan fingerprint density at radius 1 is 1.08 bits per heavy atom. The number of halogens is 3. The molecule has 1 amide bonds. The second kappa shape index (κ2) is 10.2. The van der Waals surface area contributed by atoms with Crippen LogP contribution in [0, 0.1) is 0 Å². The molecule has 1 atom stereocenters. The molecule has 0 aromatic heterocycles. The third kappa shape index (κ3) is 6.30. The molecule has 0 heterocycles. The van der Waals surface area contributed by atoms with Gasteiger partial charge in [-0.05, 0) is 36.8 Å². The van der Waals surface area contributed by atoms with E-state index in [1.165, 1.54) is 0 Å². The summed E-state index contributed by atoms with van der Waals surface area (Å²) in [5.74, 6) is 1.75. The molecule has 1 N–H and O–H groups in total. The van der Waals surface area contributed by atoms with E-state index in [2.05, 4.69) is 5.32 Å². The molecular weight excluding hydrogens is 401 g/mol. The second-order valence-electron chi connectivity index (χ2n) is 5.23. The predicted molar refractivity (Wildman–Crippen MR) is 107 cm³/mol. The maximum Gasteiger partial charge on any atom is 0.260 e. The molecule has 2 aromatic carbocycles. The van der Waals surface area contributed by atoms with Crippen LogP contribution < -0.4 is 10.1 Å². The van der Waals surface area contributed by atoms with Crippen molar-refractivity contribution in [3.63, 3.8) is 0 Å². The molecule has 2 aromatic rings. The van der Waals surface area contributed by atoms with Crippen LogP contribution in [0.5, 0.6) is 5.75 Å². The highest BCUT2D eigenvalue weighted by Crippen LogP contribution is 2.28. The first-order valence-electron chi connectivity index (χ1n) is 7.68. The summed E-state index contributed by atoms with van der Waals surface area (Å²) in [7, 11) is 0. The Morgan fingerprint density at radius 2 is 1.72 bits per heavy atom. The van der Waals surface area contributed by atoms with Crippen molar-refractivity contribution in [2.75, 3.05) is 12.3 Å². The monoisotopic (exact) mass is 417 g/mol. The van der Waals surface area contributed by atoms with Gasteiger partial charge in [0, 0.05) is 28.1 Å². The van der Waals surface area contributed by atoms with Gasteiger partial charge in [-0.2, -0.15) is 11.8 Å². The van der Waals surface area contributed by atoms with Crippen molar-refractivity contribution in [3.05, 3.63) is 63.1 Å². The maximum atomic E-state index is 12.1. The van der Waals surface area contributed by atoms with Crippen LogP contribution in [0.2, 0.25) is 15.1 Å². The summed E-state index contributed by atoms with van der Waals surface area (Å²) >= 11 is 19.9. The van der Waals surface area contributed by atoms with Gasteiger partial charge in [0.05, 0.1) is 5.02 Å². The Balaban J connectivity index is 1.71. The largest absolute Gasteiger partial charge is 0.479 e.